The van der Waals surface area contributed by atoms with Gasteiger partial charge in [0, 0.05) is 11.6 Å². The number of carboxylic acids is 1. The summed E-state index contributed by atoms with van der Waals surface area (Å²) in [6.07, 6.45) is 1.42. The smallest absolute Gasteiger partial charge is 0.326 e. The molecule has 1 aliphatic rings. The van der Waals surface area contributed by atoms with E-state index in [9.17, 15) is 4.79 Å². The minimum Gasteiger partial charge on any atom is -0.480 e. The Hall–Kier alpha value is -1.73. The highest BCUT2D eigenvalue weighted by atomic mass is 35.5. The van der Waals surface area contributed by atoms with Gasteiger partial charge in [-0.15, -0.1) is 0 Å². The number of nitrogens with zero attached hydrogens (tertiary/aromatic N) is 2. The zero-order chi connectivity index (χ0) is 12.4. The number of halogens is 1. The Morgan fingerprint density at radius 2 is 2.35 bits per heavy atom. The van der Waals surface area contributed by atoms with E-state index < -0.39 is 12.0 Å². The molecule has 0 aliphatic carbocycles. The third kappa shape index (κ3) is 2.20. The highest BCUT2D eigenvalue weighted by Crippen LogP contribution is 2.30. The van der Waals surface area contributed by atoms with Gasteiger partial charge in [-0.3, -0.25) is 0 Å². The second-order valence-electron chi connectivity index (χ2n) is 3.96. The van der Waals surface area contributed by atoms with Gasteiger partial charge in [0.2, 0.25) is 0 Å². The minimum absolute atomic E-state index is 0.461. The summed E-state index contributed by atoms with van der Waals surface area (Å²) in [4.78, 5) is 12.9. The molecule has 0 aromatic heterocycles. The molecule has 1 saturated heterocycles. The summed E-state index contributed by atoms with van der Waals surface area (Å²) in [5.74, 6) is -0.855. The van der Waals surface area contributed by atoms with Crippen LogP contribution in [-0.4, -0.2) is 23.7 Å². The van der Waals surface area contributed by atoms with Crippen LogP contribution in [0.25, 0.3) is 0 Å². The average Bonchev–Trinajstić information content (AvgIpc) is 2.77. The van der Waals surface area contributed by atoms with Crippen LogP contribution in [0.2, 0.25) is 5.02 Å². The number of aliphatic carboxylic acids is 1. The van der Waals surface area contributed by atoms with E-state index in [1.807, 2.05) is 0 Å². The molecule has 1 unspecified atom stereocenters. The normalized spacial score (nSPS) is 19.1. The summed E-state index contributed by atoms with van der Waals surface area (Å²) in [5.41, 5.74) is 1.08. The maximum Gasteiger partial charge on any atom is 0.326 e. The number of rotatable bonds is 2. The lowest BCUT2D eigenvalue weighted by atomic mass is 10.1. The first kappa shape index (κ1) is 11.7. The van der Waals surface area contributed by atoms with Crippen molar-refractivity contribution in [2.24, 2.45) is 0 Å². The van der Waals surface area contributed by atoms with Gasteiger partial charge in [0.15, 0.2) is 0 Å². The van der Waals surface area contributed by atoms with E-state index in [0.717, 1.165) is 6.42 Å². The van der Waals surface area contributed by atoms with Gasteiger partial charge in [0.25, 0.3) is 0 Å². The zero-order valence-electron chi connectivity index (χ0n) is 9.06. The number of benzene rings is 1. The van der Waals surface area contributed by atoms with Crippen molar-refractivity contribution < 1.29 is 9.90 Å². The predicted octanol–water partition coefficient (Wildman–Crippen LogP) is 2.27. The van der Waals surface area contributed by atoms with Crippen LogP contribution in [0.3, 0.4) is 0 Å². The van der Waals surface area contributed by atoms with Crippen molar-refractivity contribution in [1.82, 2.24) is 0 Å². The highest BCUT2D eigenvalue weighted by Gasteiger charge is 2.31. The van der Waals surface area contributed by atoms with Gasteiger partial charge in [0.05, 0.1) is 11.3 Å². The van der Waals surface area contributed by atoms with Crippen molar-refractivity contribution in [3.05, 3.63) is 28.8 Å². The van der Waals surface area contributed by atoms with Gasteiger partial charge in [0.1, 0.15) is 12.1 Å². The number of hydrogen-bond donors (Lipinski definition) is 1. The standard InChI is InChI=1S/C12H11ClN2O2/c13-9-4-3-8(7-14)11(6-9)15-5-1-2-10(15)12(16)17/h3-4,6,10H,1-2,5H2,(H,16,17). The Balaban J connectivity index is 2.42. The molecular weight excluding hydrogens is 240 g/mol. The molecule has 5 heteroatoms. The molecule has 0 saturated carbocycles. The van der Waals surface area contributed by atoms with Crippen molar-refractivity contribution in [3.63, 3.8) is 0 Å². The monoisotopic (exact) mass is 250 g/mol. The molecule has 2 rings (SSSR count). The molecule has 88 valence electrons. The molecule has 1 aromatic carbocycles. The number of hydrogen-bond acceptors (Lipinski definition) is 3. The summed E-state index contributed by atoms with van der Waals surface area (Å²) >= 11 is 5.90. The molecular formula is C12H11ClN2O2. The van der Waals surface area contributed by atoms with E-state index in [2.05, 4.69) is 6.07 Å². The maximum atomic E-state index is 11.1. The van der Waals surface area contributed by atoms with E-state index in [4.69, 9.17) is 22.0 Å². The van der Waals surface area contributed by atoms with E-state index in [-0.39, 0.29) is 0 Å². The van der Waals surface area contributed by atoms with Crippen LogP contribution < -0.4 is 4.90 Å². The fourth-order valence-corrected chi connectivity index (χ4v) is 2.32. The van der Waals surface area contributed by atoms with Gasteiger partial charge < -0.3 is 10.0 Å². The first-order valence-electron chi connectivity index (χ1n) is 5.32. The number of anilines is 1. The third-order valence-electron chi connectivity index (χ3n) is 2.93. The van der Waals surface area contributed by atoms with Crippen molar-refractivity contribution in [2.75, 3.05) is 11.4 Å². The third-order valence-corrected chi connectivity index (χ3v) is 3.16. The number of carboxylic acid groups (broad SMARTS) is 1. The molecule has 1 aliphatic heterocycles. The summed E-state index contributed by atoms with van der Waals surface area (Å²) < 4.78 is 0. The maximum absolute atomic E-state index is 11.1. The largest absolute Gasteiger partial charge is 0.480 e. The van der Waals surface area contributed by atoms with E-state index in [1.165, 1.54) is 0 Å². The predicted molar refractivity (Wildman–Crippen MR) is 64.2 cm³/mol. The van der Waals surface area contributed by atoms with E-state index in [0.29, 0.717) is 29.2 Å². The van der Waals surface area contributed by atoms with Gasteiger partial charge in [-0.2, -0.15) is 5.26 Å². The van der Waals surface area contributed by atoms with E-state index in [1.54, 1.807) is 23.1 Å². The fourth-order valence-electron chi connectivity index (χ4n) is 2.15. The lowest BCUT2D eigenvalue weighted by molar-refractivity contribution is -0.138. The lowest BCUT2D eigenvalue weighted by Crippen LogP contribution is -2.36. The van der Waals surface area contributed by atoms with Crippen LogP contribution >= 0.6 is 11.6 Å². The Kier molecular flexibility index (Phi) is 3.21. The minimum atomic E-state index is -0.855. The van der Waals surface area contributed by atoms with Crippen molar-refractivity contribution in [3.8, 4) is 6.07 Å². The van der Waals surface area contributed by atoms with Crippen molar-refractivity contribution in [1.29, 1.82) is 5.26 Å². The molecule has 1 fully saturated rings. The molecule has 17 heavy (non-hydrogen) atoms. The van der Waals surface area contributed by atoms with Crippen molar-refractivity contribution >= 4 is 23.3 Å². The zero-order valence-corrected chi connectivity index (χ0v) is 9.81. The van der Waals surface area contributed by atoms with E-state index >= 15 is 0 Å². The molecule has 1 atom stereocenters. The Morgan fingerprint density at radius 1 is 1.59 bits per heavy atom. The first-order valence-corrected chi connectivity index (χ1v) is 5.70. The van der Waals surface area contributed by atoms with Crippen LogP contribution in [0, 0.1) is 11.3 Å². The molecule has 0 radical (unpaired) electrons. The Bertz CT molecular complexity index is 496. The van der Waals surface area contributed by atoms with Gasteiger partial charge >= 0.3 is 5.97 Å². The molecule has 1 N–H and O–H groups in total. The number of nitriles is 1. The number of carbonyl (C=O) groups is 1. The van der Waals surface area contributed by atoms with Crippen LogP contribution in [-0.2, 0) is 4.79 Å². The summed E-state index contributed by atoms with van der Waals surface area (Å²) in [6, 6.07) is 6.42. The molecule has 0 amide bonds. The van der Waals surface area contributed by atoms with Gasteiger partial charge in [-0.25, -0.2) is 4.79 Å². The quantitative estimate of drug-likeness (QED) is 0.875. The topological polar surface area (TPSA) is 64.3 Å². The summed E-state index contributed by atoms with van der Waals surface area (Å²) in [7, 11) is 0. The van der Waals surface area contributed by atoms with Crippen LogP contribution in [0.4, 0.5) is 5.69 Å². The van der Waals surface area contributed by atoms with Crippen molar-refractivity contribution in [2.45, 2.75) is 18.9 Å². The van der Waals surface area contributed by atoms with Crippen LogP contribution in [0.5, 0.6) is 0 Å². The Labute approximate surface area is 104 Å². The fraction of sp³-hybridized carbons (Fsp3) is 0.333. The summed E-state index contributed by atoms with van der Waals surface area (Å²) in [6.45, 7) is 0.645. The Morgan fingerprint density at radius 3 is 3.00 bits per heavy atom. The van der Waals surface area contributed by atoms with Gasteiger partial charge in [-0.05, 0) is 31.0 Å². The molecule has 0 spiro atoms. The molecule has 1 heterocycles. The molecule has 4 nitrogen and oxygen atoms in total. The van der Waals surface area contributed by atoms with Crippen LogP contribution in [0.15, 0.2) is 18.2 Å². The SMILES string of the molecule is N#Cc1ccc(Cl)cc1N1CCCC1C(=O)O. The highest BCUT2D eigenvalue weighted by molar-refractivity contribution is 6.30. The first-order chi connectivity index (χ1) is 8.13. The van der Waals surface area contributed by atoms with Gasteiger partial charge in [-0.1, -0.05) is 11.6 Å². The second-order valence-corrected chi connectivity index (χ2v) is 4.40. The molecule has 0 bridgehead atoms. The van der Waals surface area contributed by atoms with Crippen LogP contribution in [0.1, 0.15) is 18.4 Å². The molecule has 1 aromatic rings. The lowest BCUT2D eigenvalue weighted by Gasteiger charge is -2.24. The summed E-state index contributed by atoms with van der Waals surface area (Å²) in [5, 5.41) is 18.7. The average molecular weight is 251 g/mol. The second kappa shape index (κ2) is 4.64.